The molecule has 0 saturated carbocycles. The highest BCUT2D eigenvalue weighted by Crippen LogP contribution is 2.23. The Morgan fingerprint density at radius 2 is 2.17 bits per heavy atom. The van der Waals surface area contributed by atoms with E-state index >= 15 is 0 Å². The van der Waals surface area contributed by atoms with Crippen molar-refractivity contribution in [1.29, 1.82) is 0 Å². The van der Waals surface area contributed by atoms with E-state index in [1.165, 1.54) is 13.0 Å². The molecule has 0 atom stereocenters. The number of nitrogens with one attached hydrogen (secondary N) is 2. The molecule has 9 heteroatoms. The molecule has 0 saturated heterocycles. The summed E-state index contributed by atoms with van der Waals surface area (Å²) in [5.41, 5.74) is -0.0354. The van der Waals surface area contributed by atoms with Crippen LogP contribution in [-0.2, 0) is 14.9 Å². The lowest BCUT2D eigenvalue weighted by Crippen LogP contribution is -2.35. The second-order valence-corrected chi connectivity index (χ2v) is 5.32. The van der Waals surface area contributed by atoms with Gasteiger partial charge in [0, 0.05) is 4.47 Å². The molecule has 2 N–H and O–H groups in total. The van der Waals surface area contributed by atoms with Crippen LogP contribution in [0.4, 0.5) is 14.9 Å². The highest BCUT2D eigenvalue weighted by Gasteiger charge is 2.16. The van der Waals surface area contributed by atoms with E-state index in [4.69, 9.17) is 0 Å². The third-order valence-electron chi connectivity index (χ3n) is 1.67. The number of carbonyl (C=O) groups is 1. The van der Waals surface area contributed by atoms with Crippen molar-refractivity contribution >= 4 is 37.9 Å². The van der Waals surface area contributed by atoms with Crippen LogP contribution in [-0.4, -0.2) is 21.1 Å². The zero-order valence-corrected chi connectivity index (χ0v) is 11.6. The van der Waals surface area contributed by atoms with Crippen molar-refractivity contribution < 1.29 is 22.3 Å². The van der Waals surface area contributed by atoms with Crippen LogP contribution in [0.2, 0.25) is 0 Å². The van der Waals surface area contributed by atoms with Crippen molar-refractivity contribution in [3.63, 3.8) is 0 Å². The fraction of sp³-hybridized carbons (Fsp3) is 0.222. The van der Waals surface area contributed by atoms with E-state index in [2.05, 4.69) is 20.7 Å². The van der Waals surface area contributed by atoms with Gasteiger partial charge < -0.3 is 4.74 Å². The van der Waals surface area contributed by atoms with Gasteiger partial charge >= 0.3 is 16.3 Å². The quantitative estimate of drug-likeness (QED) is 0.877. The predicted molar refractivity (Wildman–Crippen MR) is 66.8 cm³/mol. The van der Waals surface area contributed by atoms with Gasteiger partial charge in [-0.3, -0.25) is 4.72 Å². The molecule has 0 bridgehead atoms. The maximum atomic E-state index is 12.9. The molecule has 1 aromatic rings. The van der Waals surface area contributed by atoms with Gasteiger partial charge in [-0.15, -0.1) is 0 Å². The highest BCUT2D eigenvalue weighted by molar-refractivity contribution is 9.10. The number of carbonyl (C=O) groups excluding carboxylic acids is 1. The Bertz CT molecular complexity index is 549. The zero-order valence-electron chi connectivity index (χ0n) is 9.24. The summed E-state index contributed by atoms with van der Waals surface area (Å²) in [5.74, 6) is -0.618. The third-order valence-corrected chi connectivity index (χ3v) is 3.28. The maximum Gasteiger partial charge on any atom is 0.422 e. The first-order valence-electron chi connectivity index (χ1n) is 4.76. The highest BCUT2D eigenvalue weighted by atomic mass is 79.9. The molecule has 0 aliphatic rings. The van der Waals surface area contributed by atoms with Crippen molar-refractivity contribution in [2.24, 2.45) is 0 Å². The lowest BCUT2D eigenvalue weighted by atomic mass is 10.3. The maximum absolute atomic E-state index is 12.9. The minimum atomic E-state index is -4.17. The summed E-state index contributed by atoms with van der Waals surface area (Å²) in [6, 6.07) is 3.45. The normalized spacial score (nSPS) is 10.8. The molecule has 0 fully saturated rings. The van der Waals surface area contributed by atoms with E-state index in [1.807, 2.05) is 4.72 Å². The van der Waals surface area contributed by atoms with Gasteiger partial charge in [0.1, 0.15) is 5.82 Å². The molecular formula is C9H10BrFN2O4S. The lowest BCUT2D eigenvalue weighted by molar-refractivity contribution is 0.159. The van der Waals surface area contributed by atoms with Crippen molar-refractivity contribution in [3.05, 3.63) is 28.5 Å². The molecule has 0 aliphatic carbocycles. The van der Waals surface area contributed by atoms with Gasteiger partial charge in [0.15, 0.2) is 0 Å². The summed E-state index contributed by atoms with van der Waals surface area (Å²) in [7, 11) is -4.17. The summed E-state index contributed by atoms with van der Waals surface area (Å²) in [6.45, 7) is 1.56. The Hall–Kier alpha value is -1.35. The standard InChI is InChI=1S/C9H10BrFN2O4S/c1-2-17-9(14)13-18(15,16)12-8-5-6(11)3-4-7(8)10/h3-5,12H,2H2,1H3,(H,13,14). The first-order chi connectivity index (χ1) is 8.34. The summed E-state index contributed by atoms with van der Waals surface area (Å²) in [4.78, 5) is 11.0. The molecule has 1 aromatic carbocycles. The van der Waals surface area contributed by atoms with Crippen molar-refractivity contribution in [2.75, 3.05) is 11.3 Å². The fourth-order valence-electron chi connectivity index (χ4n) is 1.02. The number of halogens is 2. The molecule has 0 aliphatic heterocycles. The smallest absolute Gasteiger partial charge is 0.422 e. The van der Waals surface area contributed by atoms with Gasteiger partial charge in [-0.05, 0) is 41.1 Å². The minimum Gasteiger partial charge on any atom is -0.449 e. The topological polar surface area (TPSA) is 84.5 Å². The number of hydrogen-bond acceptors (Lipinski definition) is 4. The first-order valence-corrected chi connectivity index (χ1v) is 7.04. The molecular weight excluding hydrogens is 331 g/mol. The number of hydrogen-bond donors (Lipinski definition) is 2. The van der Waals surface area contributed by atoms with E-state index in [-0.39, 0.29) is 12.3 Å². The van der Waals surface area contributed by atoms with Gasteiger partial charge in [-0.25, -0.2) is 13.9 Å². The van der Waals surface area contributed by atoms with Crippen molar-refractivity contribution in [3.8, 4) is 0 Å². The molecule has 100 valence electrons. The third kappa shape index (κ3) is 4.49. The van der Waals surface area contributed by atoms with E-state index < -0.39 is 22.1 Å². The number of ether oxygens (including phenoxy) is 1. The second kappa shape index (κ2) is 6.01. The SMILES string of the molecule is CCOC(=O)NS(=O)(=O)Nc1cc(F)ccc1Br. The van der Waals surface area contributed by atoms with E-state index in [0.717, 1.165) is 12.1 Å². The molecule has 0 radical (unpaired) electrons. The summed E-state index contributed by atoms with van der Waals surface area (Å²) in [6.07, 6.45) is -1.11. The lowest BCUT2D eigenvalue weighted by Gasteiger charge is -2.10. The van der Waals surface area contributed by atoms with E-state index in [1.54, 1.807) is 4.72 Å². The average Bonchev–Trinajstić information content (AvgIpc) is 2.22. The van der Waals surface area contributed by atoms with Crippen LogP contribution >= 0.6 is 15.9 Å². The van der Waals surface area contributed by atoms with Crippen LogP contribution < -0.4 is 9.44 Å². The van der Waals surface area contributed by atoms with Gasteiger partial charge in [0.25, 0.3) is 0 Å². The molecule has 0 unspecified atom stereocenters. The summed E-state index contributed by atoms with van der Waals surface area (Å²) in [5, 5.41) is 0. The predicted octanol–water partition coefficient (Wildman–Crippen LogP) is 1.99. The molecule has 1 amide bonds. The monoisotopic (exact) mass is 340 g/mol. The van der Waals surface area contributed by atoms with Crippen LogP contribution in [0.15, 0.2) is 22.7 Å². The van der Waals surface area contributed by atoms with Gasteiger partial charge in [0.2, 0.25) is 0 Å². The largest absolute Gasteiger partial charge is 0.449 e. The van der Waals surface area contributed by atoms with Crippen LogP contribution in [0.25, 0.3) is 0 Å². The van der Waals surface area contributed by atoms with Crippen LogP contribution in [0, 0.1) is 5.82 Å². The second-order valence-electron chi connectivity index (χ2n) is 3.05. The summed E-state index contributed by atoms with van der Waals surface area (Å²) < 4.78 is 44.2. The first kappa shape index (κ1) is 14.7. The molecule has 0 spiro atoms. The number of amides is 1. The Morgan fingerprint density at radius 3 is 2.78 bits per heavy atom. The number of benzene rings is 1. The molecule has 0 heterocycles. The van der Waals surface area contributed by atoms with Gasteiger partial charge in [-0.2, -0.15) is 8.42 Å². The Kier molecular flexibility index (Phi) is 4.91. The zero-order chi connectivity index (χ0) is 13.8. The van der Waals surface area contributed by atoms with Gasteiger partial charge in [0.05, 0.1) is 12.3 Å². The minimum absolute atomic E-state index is 0.0328. The van der Waals surface area contributed by atoms with E-state index in [9.17, 15) is 17.6 Å². The fourth-order valence-corrected chi connectivity index (χ4v) is 2.28. The molecule has 6 nitrogen and oxygen atoms in total. The Labute approximate surface area is 112 Å². The van der Waals surface area contributed by atoms with Gasteiger partial charge in [-0.1, -0.05) is 0 Å². The van der Waals surface area contributed by atoms with E-state index in [0.29, 0.717) is 4.47 Å². The Balaban J connectivity index is 2.82. The van der Waals surface area contributed by atoms with Crippen molar-refractivity contribution in [2.45, 2.75) is 6.92 Å². The molecule has 18 heavy (non-hydrogen) atoms. The van der Waals surface area contributed by atoms with Crippen LogP contribution in [0.1, 0.15) is 6.92 Å². The van der Waals surface area contributed by atoms with Crippen LogP contribution in [0.5, 0.6) is 0 Å². The molecule has 0 aromatic heterocycles. The molecule has 1 rings (SSSR count). The Morgan fingerprint density at radius 1 is 1.50 bits per heavy atom. The summed E-state index contributed by atoms with van der Waals surface area (Å²) >= 11 is 3.04. The van der Waals surface area contributed by atoms with Crippen LogP contribution in [0.3, 0.4) is 0 Å². The number of rotatable bonds is 4. The average molecular weight is 341 g/mol. The number of anilines is 1. The van der Waals surface area contributed by atoms with Crippen molar-refractivity contribution in [1.82, 2.24) is 4.72 Å².